The second kappa shape index (κ2) is 13.0. The Morgan fingerprint density at radius 1 is 0.907 bits per heavy atom. The van der Waals surface area contributed by atoms with Crippen LogP contribution in [0.2, 0.25) is 0 Å². The minimum atomic E-state index is -4.65. The van der Waals surface area contributed by atoms with Crippen molar-refractivity contribution in [2.45, 2.75) is 74.0 Å². The van der Waals surface area contributed by atoms with Gasteiger partial charge in [0.05, 0.1) is 15.2 Å². The van der Waals surface area contributed by atoms with Crippen molar-refractivity contribution in [1.82, 2.24) is 0 Å². The smallest absolute Gasteiger partial charge is 0.744 e. The monoisotopic (exact) mass is 654 g/mol. The molecule has 0 radical (unpaired) electrons. The van der Waals surface area contributed by atoms with Crippen LogP contribution in [0.3, 0.4) is 0 Å². The van der Waals surface area contributed by atoms with Gasteiger partial charge in [0.1, 0.15) is 27.3 Å². The van der Waals surface area contributed by atoms with Crippen LogP contribution in [0.25, 0.3) is 0 Å². The van der Waals surface area contributed by atoms with Gasteiger partial charge in [0.15, 0.2) is 5.71 Å². The van der Waals surface area contributed by atoms with E-state index in [4.69, 9.17) is 5.11 Å². The Bertz CT molecular complexity index is 1760. The van der Waals surface area contributed by atoms with Gasteiger partial charge in [0.2, 0.25) is 5.69 Å². The molecule has 2 heterocycles. The number of aliphatic carboxylic acids is 1. The number of fused-ring (bicyclic) bond motifs is 2. The molecule has 0 bridgehead atoms. The molecule has 0 saturated heterocycles. The molecule has 226 valence electrons. The summed E-state index contributed by atoms with van der Waals surface area (Å²) >= 11 is 0. The zero-order valence-electron chi connectivity index (χ0n) is 25.2. The van der Waals surface area contributed by atoms with Crippen molar-refractivity contribution in [3.8, 4) is 0 Å². The first-order valence-corrected chi connectivity index (χ1v) is 16.4. The van der Waals surface area contributed by atoms with Crippen molar-refractivity contribution in [3.63, 3.8) is 0 Å². The minimum Gasteiger partial charge on any atom is -0.744 e. The van der Waals surface area contributed by atoms with E-state index in [2.05, 4.69) is 4.90 Å². The number of nitrogens with zero attached hydrogens (tertiary/aromatic N) is 2. The summed E-state index contributed by atoms with van der Waals surface area (Å²) in [7, 11) is -7.39. The van der Waals surface area contributed by atoms with E-state index >= 15 is 0 Å². The molecular formula is C30H35KN2O8S2. The van der Waals surface area contributed by atoms with E-state index in [9.17, 15) is 30.7 Å². The molecule has 0 aliphatic carbocycles. The van der Waals surface area contributed by atoms with Gasteiger partial charge in [-0.25, -0.2) is 16.8 Å². The number of hydrogen-bond donors (Lipinski definition) is 1. The van der Waals surface area contributed by atoms with Crippen molar-refractivity contribution >= 4 is 43.3 Å². The second-order valence-corrected chi connectivity index (χ2v) is 14.5. The normalized spacial score (nSPS) is 18.2. The Labute approximate surface area is 296 Å². The predicted octanol–water partition coefficient (Wildman–Crippen LogP) is 1.39. The van der Waals surface area contributed by atoms with Gasteiger partial charge in [-0.1, -0.05) is 26.3 Å². The number of carboxylic acids is 1. The fourth-order valence-corrected chi connectivity index (χ4v) is 6.97. The maximum atomic E-state index is 11.8. The number of unbranched alkanes of at least 4 members (excludes halogenated alkanes) is 2. The van der Waals surface area contributed by atoms with Gasteiger partial charge in [0, 0.05) is 47.5 Å². The summed E-state index contributed by atoms with van der Waals surface area (Å²) in [5.41, 5.74) is 3.51. The zero-order valence-corrected chi connectivity index (χ0v) is 30.0. The summed E-state index contributed by atoms with van der Waals surface area (Å²) in [6, 6.07) is 8.76. The Kier molecular flexibility index (Phi) is 10.8. The number of carbonyl (C=O) groups is 1. The van der Waals surface area contributed by atoms with Crippen LogP contribution >= 0.6 is 0 Å². The topological polar surface area (TPSA) is 158 Å². The van der Waals surface area contributed by atoms with Gasteiger partial charge < -0.3 is 19.1 Å². The molecule has 0 unspecified atom stereocenters. The summed E-state index contributed by atoms with van der Waals surface area (Å²) in [4.78, 5) is 12.4. The molecule has 43 heavy (non-hydrogen) atoms. The SMILES string of the molecule is C[N+]1=C(C=CC=C2N(CCCCCC(=O)O)c3ccc(S(=O)(=O)[O-])cc3C2(C)C)C(C)(C)c2cc(S(=O)(=O)[O-])ccc21.[K+]. The third-order valence-corrected chi connectivity index (χ3v) is 9.89. The van der Waals surface area contributed by atoms with Crippen LogP contribution in [0.1, 0.15) is 64.5 Å². The molecule has 1 N–H and O–H groups in total. The standard InChI is InChI=1S/C30H36N2O8S2.K/c1-29(2)22-18-20(41(35,36)37)13-15-24(22)31(5)26(29)10-9-11-27-30(3,4)23-19-21(42(38,39)40)14-16-25(23)32(27)17-8-6-7-12-28(33)34;/h9-11,13-16,18-19H,6-8,12,17H2,1-5H3,(H2-,33,34,35,36,37,38,39,40);/q;+1/p-1. The number of anilines is 1. The molecule has 0 aromatic heterocycles. The number of allylic oxidation sites excluding steroid dienone is 4. The number of carboxylic acid groups (broad SMARTS) is 1. The van der Waals surface area contributed by atoms with Crippen molar-refractivity contribution in [3.05, 3.63) is 71.5 Å². The van der Waals surface area contributed by atoms with Gasteiger partial charge in [-0.15, -0.1) is 0 Å². The van der Waals surface area contributed by atoms with Crippen LogP contribution in [-0.2, 0) is 35.9 Å². The molecule has 4 rings (SSSR count). The van der Waals surface area contributed by atoms with E-state index in [0.717, 1.165) is 28.3 Å². The summed E-state index contributed by atoms with van der Waals surface area (Å²) in [6.45, 7) is 8.38. The summed E-state index contributed by atoms with van der Waals surface area (Å²) in [6.07, 6.45) is 7.79. The predicted molar refractivity (Wildman–Crippen MR) is 156 cm³/mol. The minimum absolute atomic E-state index is 0. The molecule has 2 aliphatic heterocycles. The maximum absolute atomic E-state index is 11.8. The van der Waals surface area contributed by atoms with Crippen molar-refractivity contribution in [2.75, 3.05) is 18.5 Å². The molecule has 0 atom stereocenters. The van der Waals surface area contributed by atoms with Crippen molar-refractivity contribution in [2.24, 2.45) is 0 Å². The summed E-state index contributed by atoms with van der Waals surface area (Å²) in [5.74, 6) is -0.843. The van der Waals surface area contributed by atoms with Crippen LogP contribution in [0.15, 0.2) is 70.1 Å². The number of benzene rings is 2. The largest absolute Gasteiger partial charge is 1.00 e. The van der Waals surface area contributed by atoms with E-state index in [-0.39, 0.29) is 67.6 Å². The average Bonchev–Trinajstić information content (AvgIpc) is 3.21. The average molecular weight is 655 g/mol. The Morgan fingerprint density at radius 2 is 1.49 bits per heavy atom. The second-order valence-electron chi connectivity index (χ2n) is 11.7. The first-order chi connectivity index (χ1) is 19.4. The summed E-state index contributed by atoms with van der Waals surface area (Å²) < 4.78 is 72.3. The van der Waals surface area contributed by atoms with Crippen LogP contribution in [0, 0.1) is 0 Å². The zero-order chi connectivity index (χ0) is 31.3. The maximum Gasteiger partial charge on any atom is 1.00 e. The third-order valence-electron chi connectivity index (χ3n) is 8.23. The first kappa shape index (κ1) is 35.8. The number of hydrogen-bond acceptors (Lipinski definition) is 8. The van der Waals surface area contributed by atoms with Crippen LogP contribution < -0.4 is 56.3 Å². The Balaban J connectivity index is 0.00000506. The quantitative estimate of drug-likeness (QED) is 0.173. The van der Waals surface area contributed by atoms with Crippen molar-refractivity contribution < 1.29 is 91.8 Å². The molecule has 10 nitrogen and oxygen atoms in total. The molecule has 13 heteroatoms. The first-order valence-electron chi connectivity index (χ1n) is 13.6. The number of rotatable bonds is 10. The van der Waals surface area contributed by atoms with Gasteiger partial charge in [0.25, 0.3) is 0 Å². The van der Waals surface area contributed by atoms with E-state index < -0.39 is 37.0 Å². The molecule has 2 aromatic rings. The fraction of sp³-hybridized carbons (Fsp3) is 0.400. The molecular weight excluding hydrogens is 620 g/mol. The fourth-order valence-electron chi connectivity index (χ4n) is 5.98. The van der Waals surface area contributed by atoms with E-state index in [1.807, 2.05) is 57.5 Å². The molecule has 2 aliphatic rings. The van der Waals surface area contributed by atoms with Crippen LogP contribution in [0.5, 0.6) is 0 Å². The van der Waals surface area contributed by atoms with Gasteiger partial charge >= 0.3 is 57.4 Å². The van der Waals surface area contributed by atoms with E-state index in [0.29, 0.717) is 31.4 Å². The Morgan fingerprint density at radius 3 is 2.07 bits per heavy atom. The van der Waals surface area contributed by atoms with Crippen LogP contribution in [-0.4, -0.2) is 60.9 Å². The molecule has 0 amide bonds. The molecule has 0 fully saturated rings. The van der Waals surface area contributed by atoms with Gasteiger partial charge in [-0.2, -0.15) is 4.58 Å². The Hall–Kier alpha value is -1.68. The molecule has 0 spiro atoms. The van der Waals surface area contributed by atoms with Gasteiger partial charge in [-0.3, -0.25) is 4.79 Å². The van der Waals surface area contributed by atoms with E-state index in [1.54, 1.807) is 12.1 Å². The summed E-state index contributed by atoms with van der Waals surface area (Å²) in [5, 5.41) is 8.96. The van der Waals surface area contributed by atoms with Gasteiger partial charge in [-0.05, 0) is 68.7 Å². The molecule has 2 aromatic carbocycles. The molecule has 0 saturated carbocycles. The third kappa shape index (κ3) is 7.26. The van der Waals surface area contributed by atoms with Crippen LogP contribution in [0.4, 0.5) is 11.4 Å². The van der Waals surface area contributed by atoms with E-state index in [1.165, 1.54) is 24.3 Å². The van der Waals surface area contributed by atoms with Crippen molar-refractivity contribution in [1.29, 1.82) is 0 Å².